The van der Waals surface area contributed by atoms with E-state index in [1.54, 1.807) is 7.11 Å². The van der Waals surface area contributed by atoms with Crippen molar-refractivity contribution in [1.29, 1.82) is 0 Å². The van der Waals surface area contributed by atoms with Crippen molar-refractivity contribution in [3.05, 3.63) is 29.3 Å². The fraction of sp³-hybridized carbons (Fsp3) is 0.500. The molecule has 0 aromatic heterocycles. The Labute approximate surface area is 116 Å². The number of benzene rings is 1. The van der Waals surface area contributed by atoms with Gasteiger partial charge in [0.2, 0.25) is 0 Å². The number of carbonyl (C=O) groups is 1. The van der Waals surface area contributed by atoms with Gasteiger partial charge in [0.25, 0.3) is 0 Å². The monoisotopic (exact) mass is 285 g/mol. The fourth-order valence-electron chi connectivity index (χ4n) is 2.43. The van der Waals surface area contributed by atoms with Crippen LogP contribution in [0.25, 0.3) is 0 Å². The number of ether oxygens (including phenoxy) is 2. The summed E-state index contributed by atoms with van der Waals surface area (Å²) in [6.45, 7) is 0. The van der Waals surface area contributed by atoms with Crippen LogP contribution in [0, 0.1) is 11.6 Å². The van der Waals surface area contributed by atoms with Crippen molar-refractivity contribution in [1.82, 2.24) is 0 Å². The van der Waals surface area contributed by atoms with E-state index < -0.39 is 23.2 Å². The molecule has 6 heteroatoms. The third-order valence-corrected chi connectivity index (χ3v) is 3.57. The van der Waals surface area contributed by atoms with Gasteiger partial charge in [-0.1, -0.05) is 0 Å². The Kier molecular flexibility index (Phi) is 4.54. The molecule has 0 heterocycles. The van der Waals surface area contributed by atoms with E-state index in [0.29, 0.717) is 0 Å². The zero-order valence-electron chi connectivity index (χ0n) is 11.4. The van der Waals surface area contributed by atoms with Gasteiger partial charge in [-0.25, -0.2) is 13.6 Å². The van der Waals surface area contributed by atoms with Gasteiger partial charge in [0.15, 0.2) is 11.6 Å². The minimum Gasteiger partial charge on any atom is -0.465 e. The molecule has 2 unspecified atom stereocenters. The molecule has 1 aliphatic carbocycles. The lowest BCUT2D eigenvalue weighted by molar-refractivity contribution is 0.0594. The van der Waals surface area contributed by atoms with Crippen LogP contribution in [-0.4, -0.2) is 32.3 Å². The predicted octanol–water partition coefficient (Wildman–Crippen LogP) is 2.73. The lowest BCUT2D eigenvalue weighted by atomic mass is 10.1. The maximum atomic E-state index is 13.9. The first-order valence-corrected chi connectivity index (χ1v) is 6.42. The molecule has 4 nitrogen and oxygen atoms in total. The van der Waals surface area contributed by atoms with Crippen LogP contribution in [0.15, 0.2) is 12.1 Å². The molecule has 110 valence electrons. The first kappa shape index (κ1) is 14.7. The van der Waals surface area contributed by atoms with E-state index in [0.717, 1.165) is 26.4 Å². The normalized spacial score (nSPS) is 21.8. The van der Waals surface area contributed by atoms with Gasteiger partial charge < -0.3 is 14.8 Å². The minimum absolute atomic E-state index is 0.0397. The minimum atomic E-state index is -1.19. The number of hydrogen-bond acceptors (Lipinski definition) is 4. The average molecular weight is 285 g/mol. The van der Waals surface area contributed by atoms with Gasteiger partial charge in [0, 0.05) is 13.2 Å². The molecule has 1 N–H and O–H groups in total. The molecule has 1 aliphatic rings. The molecule has 0 aliphatic heterocycles. The molecule has 0 amide bonds. The Morgan fingerprint density at radius 3 is 2.60 bits per heavy atom. The molecule has 0 spiro atoms. The molecule has 2 rings (SSSR count). The van der Waals surface area contributed by atoms with Crippen LogP contribution in [0.5, 0.6) is 0 Å². The highest BCUT2D eigenvalue weighted by Gasteiger charge is 2.26. The first-order valence-electron chi connectivity index (χ1n) is 6.42. The Morgan fingerprint density at radius 1 is 1.25 bits per heavy atom. The summed E-state index contributed by atoms with van der Waals surface area (Å²) >= 11 is 0. The fourth-order valence-corrected chi connectivity index (χ4v) is 2.43. The molecule has 0 saturated heterocycles. The van der Waals surface area contributed by atoms with Crippen molar-refractivity contribution in [2.75, 3.05) is 19.5 Å². The van der Waals surface area contributed by atoms with Crippen LogP contribution >= 0.6 is 0 Å². The maximum absolute atomic E-state index is 13.9. The highest BCUT2D eigenvalue weighted by Crippen LogP contribution is 2.27. The molecule has 1 fully saturated rings. The van der Waals surface area contributed by atoms with Crippen molar-refractivity contribution < 1.29 is 23.0 Å². The Balaban J connectivity index is 2.14. The standard InChI is InChI=1S/C14H17F2NO3/c1-19-9-4-3-8(7-9)17-11-6-5-10(14(18)20-2)12(15)13(11)16/h5-6,8-9,17H,3-4,7H2,1-2H3. The largest absolute Gasteiger partial charge is 0.465 e. The molecule has 1 saturated carbocycles. The Bertz CT molecular complexity index is 507. The van der Waals surface area contributed by atoms with Gasteiger partial charge in [-0.05, 0) is 31.4 Å². The second kappa shape index (κ2) is 6.17. The summed E-state index contributed by atoms with van der Waals surface area (Å²) in [5, 5.41) is 2.95. The summed E-state index contributed by atoms with van der Waals surface area (Å²) in [4.78, 5) is 11.3. The predicted molar refractivity (Wildman–Crippen MR) is 69.8 cm³/mol. The summed E-state index contributed by atoms with van der Waals surface area (Å²) in [5.74, 6) is -3.15. The van der Waals surface area contributed by atoms with Gasteiger partial charge in [-0.3, -0.25) is 0 Å². The number of nitrogens with one attached hydrogen (secondary N) is 1. The number of rotatable bonds is 4. The molecule has 20 heavy (non-hydrogen) atoms. The number of methoxy groups -OCH3 is 2. The van der Waals surface area contributed by atoms with E-state index in [1.165, 1.54) is 12.1 Å². The smallest absolute Gasteiger partial charge is 0.340 e. The van der Waals surface area contributed by atoms with E-state index in [-0.39, 0.29) is 17.8 Å². The average Bonchev–Trinajstić information content (AvgIpc) is 2.91. The summed E-state index contributed by atoms with van der Waals surface area (Å²) in [5.41, 5.74) is -0.353. The third-order valence-electron chi connectivity index (χ3n) is 3.57. The quantitative estimate of drug-likeness (QED) is 0.864. The van der Waals surface area contributed by atoms with Gasteiger partial charge in [0.05, 0.1) is 24.5 Å². The lowest BCUT2D eigenvalue weighted by Gasteiger charge is -2.16. The lowest BCUT2D eigenvalue weighted by Crippen LogP contribution is -2.19. The number of hydrogen-bond donors (Lipinski definition) is 1. The van der Waals surface area contributed by atoms with Gasteiger partial charge in [0.1, 0.15) is 0 Å². The zero-order chi connectivity index (χ0) is 14.7. The van der Waals surface area contributed by atoms with E-state index in [2.05, 4.69) is 10.1 Å². The molecule has 0 bridgehead atoms. The number of anilines is 1. The number of carbonyl (C=O) groups excluding carboxylic acids is 1. The Morgan fingerprint density at radius 2 is 2.00 bits per heavy atom. The van der Waals surface area contributed by atoms with E-state index in [9.17, 15) is 13.6 Å². The topological polar surface area (TPSA) is 47.6 Å². The first-order chi connectivity index (χ1) is 9.56. The van der Waals surface area contributed by atoms with Gasteiger partial charge in [-0.15, -0.1) is 0 Å². The van der Waals surface area contributed by atoms with Gasteiger partial charge in [-0.2, -0.15) is 0 Å². The molecule has 1 aromatic rings. The van der Waals surface area contributed by atoms with Crippen LogP contribution in [0.3, 0.4) is 0 Å². The molecular formula is C14H17F2NO3. The van der Waals surface area contributed by atoms with Crippen LogP contribution < -0.4 is 5.32 Å². The second-order valence-corrected chi connectivity index (χ2v) is 4.79. The third kappa shape index (κ3) is 2.90. The number of esters is 1. The van der Waals surface area contributed by atoms with Crippen molar-refractivity contribution in [3.8, 4) is 0 Å². The van der Waals surface area contributed by atoms with Crippen LogP contribution in [0.2, 0.25) is 0 Å². The molecular weight excluding hydrogens is 268 g/mol. The van der Waals surface area contributed by atoms with Crippen LogP contribution in [0.1, 0.15) is 29.6 Å². The van der Waals surface area contributed by atoms with Crippen molar-refractivity contribution in [2.45, 2.75) is 31.4 Å². The highest BCUT2D eigenvalue weighted by molar-refractivity contribution is 5.90. The van der Waals surface area contributed by atoms with Crippen molar-refractivity contribution >= 4 is 11.7 Å². The Hall–Kier alpha value is -1.69. The summed E-state index contributed by atoms with van der Waals surface area (Å²) in [6.07, 6.45) is 2.61. The highest BCUT2D eigenvalue weighted by atomic mass is 19.2. The summed E-state index contributed by atoms with van der Waals surface area (Å²) in [7, 11) is 2.76. The van der Waals surface area contributed by atoms with E-state index in [4.69, 9.17) is 4.74 Å². The number of halogens is 2. The van der Waals surface area contributed by atoms with Crippen LogP contribution in [-0.2, 0) is 9.47 Å². The van der Waals surface area contributed by atoms with Crippen molar-refractivity contribution in [3.63, 3.8) is 0 Å². The SMILES string of the molecule is COC(=O)c1ccc(NC2CCC(OC)C2)c(F)c1F. The van der Waals surface area contributed by atoms with E-state index >= 15 is 0 Å². The second-order valence-electron chi connectivity index (χ2n) is 4.79. The summed E-state index contributed by atoms with van der Waals surface area (Å²) in [6, 6.07) is 2.61. The maximum Gasteiger partial charge on any atom is 0.340 e. The molecule has 0 radical (unpaired) electrons. The van der Waals surface area contributed by atoms with Crippen LogP contribution in [0.4, 0.5) is 14.5 Å². The summed E-state index contributed by atoms with van der Waals surface area (Å²) < 4.78 is 37.3. The molecule has 2 atom stereocenters. The van der Waals surface area contributed by atoms with E-state index in [1.807, 2.05) is 0 Å². The van der Waals surface area contributed by atoms with Crippen molar-refractivity contribution in [2.24, 2.45) is 0 Å². The van der Waals surface area contributed by atoms with Gasteiger partial charge >= 0.3 is 5.97 Å². The zero-order valence-corrected chi connectivity index (χ0v) is 11.4. The molecule has 1 aromatic carbocycles.